The van der Waals surface area contributed by atoms with Gasteiger partial charge in [0.2, 0.25) is 5.91 Å². The summed E-state index contributed by atoms with van der Waals surface area (Å²) in [6.45, 7) is 4.22. The van der Waals surface area contributed by atoms with Crippen LogP contribution < -0.4 is 10.6 Å². The molecule has 2 aromatic rings. The van der Waals surface area contributed by atoms with E-state index in [0.29, 0.717) is 5.02 Å². The molecule has 0 aliphatic rings. The zero-order valence-corrected chi connectivity index (χ0v) is 12.9. The third-order valence-corrected chi connectivity index (χ3v) is 4.13. The van der Waals surface area contributed by atoms with Gasteiger partial charge in [-0.3, -0.25) is 10.1 Å². The molecule has 2 N–H and O–H groups in total. The van der Waals surface area contributed by atoms with Crippen molar-refractivity contribution in [2.24, 2.45) is 0 Å². The first-order valence-electron chi connectivity index (χ1n) is 6.18. The molecule has 4 nitrogen and oxygen atoms in total. The lowest BCUT2D eigenvalue weighted by Gasteiger charge is -2.23. The molecule has 0 unspecified atom stereocenters. The number of nitrogens with one attached hydrogen (secondary N) is 2. The molecule has 1 amide bonds. The molecule has 0 saturated heterocycles. The van der Waals surface area contributed by atoms with Gasteiger partial charge in [0.05, 0.1) is 12.1 Å². The molecule has 1 aromatic carbocycles. The Bertz CT molecular complexity index is 567. The molecule has 1 aromatic heterocycles. The highest BCUT2D eigenvalue weighted by atomic mass is 35.5. The molecule has 0 atom stereocenters. The Balaban J connectivity index is 1.88. The molecule has 0 radical (unpaired) electrons. The fraction of sp³-hybridized carbons (Fsp3) is 0.286. The summed E-state index contributed by atoms with van der Waals surface area (Å²) in [6, 6.07) is 7.02. The number of nitrogens with zero attached hydrogens (tertiary/aromatic N) is 1. The number of rotatable bonds is 5. The van der Waals surface area contributed by atoms with Crippen molar-refractivity contribution in [3.63, 3.8) is 0 Å². The van der Waals surface area contributed by atoms with E-state index in [1.54, 1.807) is 41.8 Å². The highest BCUT2D eigenvalue weighted by Crippen LogP contribution is 2.21. The highest BCUT2D eigenvalue weighted by Gasteiger charge is 2.23. The third-order valence-electron chi connectivity index (χ3n) is 2.79. The summed E-state index contributed by atoms with van der Waals surface area (Å²) >= 11 is 7.36. The van der Waals surface area contributed by atoms with E-state index in [0.717, 1.165) is 10.7 Å². The quantitative estimate of drug-likeness (QED) is 0.891. The van der Waals surface area contributed by atoms with Gasteiger partial charge in [0.25, 0.3) is 0 Å². The second kappa shape index (κ2) is 6.35. The van der Waals surface area contributed by atoms with Gasteiger partial charge in [-0.25, -0.2) is 4.98 Å². The van der Waals surface area contributed by atoms with Crippen molar-refractivity contribution in [2.75, 3.05) is 11.9 Å². The minimum atomic E-state index is -0.328. The van der Waals surface area contributed by atoms with E-state index in [9.17, 15) is 4.79 Å². The number of hydrogen-bond donors (Lipinski definition) is 2. The van der Waals surface area contributed by atoms with Gasteiger partial charge in [-0.1, -0.05) is 11.6 Å². The molecular weight excluding hydrogens is 294 g/mol. The van der Waals surface area contributed by atoms with Crippen LogP contribution in [-0.4, -0.2) is 17.4 Å². The maximum atomic E-state index is 11.9. The summed E-state index contributed by atoms with van der Waals surface area (Å²) in [5.74, 6) is -0.100. The monoisotopic (exact) mass is 309 g/mol. The van der Waals surface area contributed by atoms with Crippen LogP contribution in [0.2, 0.25) is 5.02 Å². The lowest BCUT2D eigenvalue weighted by Crippen LogP contribution is -2.41. The summed E-state index contributed by atoms with van der Waals surface area (Å²) in [4.78, 5) is 16.2. The second-order valence-electron chi connectivity index (χ2n) is 4.87. The molecule has 20 heavy (non-hydrogen) atoms. The number of thiazole rings is 1. The minimum absolute atomic E-state index is 0.100. The van der Waals surface area contributed by atoms with E-state index in [4.69, 9.17) is 11.6 Å². The average molecular weight is 310 g/mol. The van der Waals surface area contributed by atoms with Gasteiger partial charge in [0.1, 0.15) is 5.01 Å². The van der Waals surface area contributed by atoms with Crippen LogP contribution in [0.1, 0.15) is 18.9 Å². The Labute approximate surface area is 127 Å². The summed E-state index contributed by atoms with van der Waals surface area (Å²) in [5.41, 5.74) is 0.402. The van der Waals surface area contributed by atoms with Crippen molar-refractivity contribution in [3.05, 3.63) is 45.9 Å². The van der Waals surface area contributed by atoms with Gasteiger partial charge in [0.15, 0.2) is 0 Å². The number of hydrogen-bond acceptors (Lipinski definition) is 4. The topological polar surface area (TPSA) is 54.0 Å². The van der Waals surface area contributed by atoms with E-state index in [2.05, 4.69) is 15.6 Å². The Hall–Kier alpha value is -1.43. The van der Waals surface area contributed by atoms with Gasteiger partial charge in [-0.05, 0) is 38.1 Å². The first kappa shape index (κ1) is 15.0. The van der Waals surface area contributed by atoms with Gasteiger partial charge in [-0.2, -0.15) is 0 Å². The Kier molecular flexibility index (Phi) is 4.75. The number of amides is 1. The van der Waals surface area contributed by atoms with Gasteiger partial charge < -0.3 is 5.32 Å². The fourth-order valence-electron chi connectivity index (χ4n) is 1.65. The smallest absolute Gasteiger partial charge is 0.238 e. The predicted octanol–water partition coefficient (Wildman–Crippen LogP) is 3.26. The summed E-state index contributed by atoms with van der Waals surface area (Å²) in [6.07, 6.45) is 1.76. The summed E-state index contributed by atoms with van der Waals surface area (Å²) in [7, 11) is 0. The molecule has 0 spiro atoms. The molecule has 0 saturated carbocycles. The van der Waals surface area contributed by atoms with E-state index in [-0.39, 0.29) is 18.0 Å². The Morgan fingerprint density at radius 2 is 2.05 bits per heavy atom. The van der Waals surface area contributed by atoms with Crippen molar-refractivity contribution in [3.8, 4) is 0 Å². The number of carbonyl (C=O) groups is 1. The highest BCUT2D eigenvalue weighted by molar-refractivity contribution is 7.09. The van der Waals surface area contributed by atoms with Crippen molar-refractivity contribution in [1.82, 2.24) is 10.3 Å². The minimum Gasteiger partial charge on any atom is -0.325 e. The van der Waals surface area contributed by atoms with Crippen LogP contribution in [0.4, 0.5) is 5.69 Å². The molecule has 1 heterocycles. The largest absolute Gasteiger partial charge is 0.325 e. The van der Waals surface area contributed by atoms with Crippen molar-refractivity contribution in [2.45, 2.75) is 19.4 Å². The summed E-state index contributed by atoms with van der Waals surface area (Å²) < 4.78 is 0. The van der Waals surface area contributed by atoms with Crippen LogP contribution in [0, 0.1) is 0 Å². The molecule has 0 bridgehead atoms. The molecule has 0 fully saturated rings. The van der Waals surface area contributed by atoms with Crippen LogP contribution in [0.5, 0.6) is 0 Å². The predicted molar refractivity (Wildman–Crippen MR) is 83.2 cm³/mol. The Morgan fingerprint density at radius 3 is 2.65 bits per heavy atom. The van der Waals surface area contributed by atoms with Crippen LogP contribution in [0.3, 0.4) is 0 Å². The van der Waals surface area contributed by atoms with E-state index < -0.39 is 0 Å². The average Bonchev–Trinajstić information content (AvgIpc) is 2.94. The standard InChI is InChI=1S/C14H16ClN3OS/c1-14(2,13-16-7-8-20-13)17-9-12(19)18-11-5-3-10(15)4-6-11/h3-8,17H,9H2,1-2H3,(H,18,19). The number of carbonyl (C=O) groups excluding carboxylic acids is 1. The first-order chi connectivity index (χ1) is 9.47. The maximum absolute atomic E-state index is 11.9. The number of anilines is 1. The Morgan fingerprint density at radius 1 is 1.35 bits per heavy atom. The fourth-order valence-corrected chi connectivity index (χ4v) is 2.51. The zero-order chi connectivity index (χ0) is 14.6. The van der Waals surface area contributed by atoms with Crippen molar-refractivity contribution < 1.29 is 4.79 Å². The van der Waals surface area contributed by atoms with Crippen LogP contribution >= 0.6 is 22.9 Å². The maximum Gasteiger partial charge on any atom is 0.238 e. The lowest BCUT2D eigenvalue weighted by atomic mass is 10.1. The van der Waals surface area contributed by atoms with E-state index >= 15 is 0 Å². The van der Waals surface area contributed by atoms with Gasteiger partial charge >= 0.3 is 0 Å². The lowest BCUT2D eigenvalue weighted by molar-refractivity contribution is -0.115. The molecule has 106 valence electrons. The van der Waals surface area contributed by atoms with E-state index in [1.807, 2.05) is 19.2 Å². The van der Waals surface area contributed by atoms with Gasteiger partial charge in [0, 0.05) is 22.3 Å². The number of halogens is 1. The van der Waals surface area contributed by atoms with Crippen molar-refractivity contribution in [1.29, 1.82) is 0 Å². The normalized spacial score (nSPS) is 11.3. The van der Waals surface area contributed by atoms with Crippen LogP contribution in [0.15, 0.2) is 35.8 Å². The first-order valence-corrected chi connectivity index (χ1v) is 7.43. The summed E-state index contributed by atoms with van der Waals surface area (Å²) in [5, 5.41) is 9.54. The SMILES string of the molecule is CC(C)(NCC(=O)Nc1ccc(Cl)cc1)c1nccs1. The molecule has 0 aliphatic heterocycles. The van der Waals surface area contributed by atoms with Crippen LogP contribution in [0.25, 0.3) is 0 Å². The molecule has 2 rings (SSSR count). The van der Waals surface area contributed by atoms with Gasteiger partial charge in [-0.15, -0.1) is 11.3 Å². The molecule has 6 heteroatoms. The number of aromatic nitrogens is 1. The second-order valence-corrected chi connectivity index (χ2v) is 6.20. The van der Waals surface area contributed by atoms with Crippen molar-refractivity contribution >= 4 is 34.5 Å². The molecular formula is C14H16ClN3OS. The van der Waals surface area contributed by atoms with Crippen LogP contribution in [-0.2, 0) is 10.3 Å². The zero-order valence-electron chi connectivity index (χ0n) is 11.3. The molecule has 0 aliphatic carbocycles. The van der Waals surface area contributed by atoms with E-state index in [1.165, 1.54) is 0 Å². The third kappa shape index (κ3) is 4.03. The number of benzene rings is 1.